The van der Waals surface area contributed by atoms with Gasteiger partial charge in [-0.15, -0.1) is 0 Å². The lowest BCUT2D eigenvalue weighted by Gasteiger charge is -2.23. The number of para-hydroxylation sites is 2. The van der Waals surface area contributed by atoms with Gasteiger partial charge in [-0.3, -0.25) is 4.79 Å². The molecule has 4 aromatic rings. The van der Waals surface area contributed by atoms with Crippen molar-refractivity contribution >= 4 is 5.91 Å². The average molecular weight is 492 g/mol. The molecule has 0 saturated heterocycles. The molecule has 0 aliphatic rings. The van der Waals surface area contributed by atoms with Gasteiger partial charge in [0.25, 0.3) is 5.91 Å². The summed E-state index contributed by atoms with van der Waals surface area (Å²) in [6.07, 6.45) is 0.537. The summed E-state index contributed by atoms with van der Waals surface area (Å²) in [6, 6.07) is 21.3. The van der Waals surface area contributed by atoms with Gasteiger partial charge >= 0.3 is 0 Å². The summed E-state index contributed by atoms with van der Waals surface area (Å²) in [5.41, 5.74) is 1.95. The molecule has 0 aliphatic heterocycles. The third-order valence-corrected chi connectivity index (χ3v) is 5.70. The van der Waals surface area contributed by atoms with Gasteiger partial charge in [-0.25, -0.2) is 13.5 Å². The van der Waals surface area contributed by atoms with Crippen LogP contribution in [0.2, 0.25) is 0 Å². The highest BCUT2D eigenvalue weighted by atomic mass is 19.1. The van der Waals surface area contributed by atoms with Gasteiger partial charge in [0.2, 0.25) is 5.88 Å². The Bertz CT molecular complexity index is 1320. The second-order valence-electron chi connectivity index (χ2n) is 8.06. The Balaban J connectivity index is 1.81. The van der Waals surface area contributed by atoms with Crippen molar-refractivity contribution in [2.45, 2.75) is 19.9 Å². The van der Waals surface area contributed by atoms with Crippen molar-refractivity contribution in [3.8, 4) is 17.3 Å². The zero-order chi connectivity index (χ0) is 25.5. The van der Waals surface area contributed by atoms with Crippen LogP contribution in [0.25, 0.3) is 5.69 Å². The quantitative estimate of drug-likeness (QED) is 0.282. The van der Waals surface area contributed by atoms with E-state index in [0.29, 0.717) is 23.4 Å². The monoisotopic (exact) mass is 491 g/mol. The SMILES string of the molecule is CCc1nn(-c2ccccc2)c(Oc2ccccc2F)c1CN(CCOC)C(=O)c1ccccc1F. The fourth-order valence-corrected chi connectivity index (χ4v) is 3.85. The maximum absolute atomic E-state index is 14.6. The van der Waals surface area contributed by atoms with E-state index in [0.717, 1.165) is 0 Å². The molecule has 8 heteroatoms. The number of aryl methyl sites for hydroxylation is 1. The van der Waals surface area contributed by atoms with Crippen LogP contribution in [0.4, 0.5) is 8.78 Å². The number of halogens is 2. The first-order chi connectivity index (χ1) is 17.5. The highest BCUT2D eigenvalue weighted by Gasteiger charge is 2.26. The third-order valence-electron chi connectivity index (χ3n) is 5.70. The van der Waals surface area contributed by atoms with Crippen molar-refractivity contribution in [1.29, 1.82) is 0 Å². The molecule has 0 fully saturated rings. The van der Waals surface area contributed by atoms with Crippen LogP contribution in [0, 0.1) is 11.6 Å². The molecule has 6 nitrogen and oxygen atoms in total. The number of benzene rings is 3. The minimum Gasteiger partial charge on any atom is -0.435 e. The van der Waals surface area contributed by atoms with E-state index in [1.165, 1.54) is 42.3 Å². The van der Waals surface area contributed by atoms with Crippen LogP contribution < -0.4 is 4.74 Å². The van der Waals surface area contributed by atoms with Gasteiger partial charge in [0, 0.05) is 13.7 Å². The van der Waals surface area contributed by atoms with Crippen molar-refractivity contribution in [1.82, 2.24) is 14.7 Å². The first-order valence-corrected chi connectivity index (χ1v) is 11.6. The largest absolute Gasteiger partial charge is 0.435 e. The van der Waals surface area contributed by atoms with E-state index in [-0.39, 0.29) is 36.9 Å². The molecule has 0 atom stereocenters. The standard InChI is InChI=1S/C28H27F2N3O3/c1-3-25-22(19-32(17-18-35-2)27(34)21-13-7-8-14-23(21)29)28(36-26-16-10-9-15-24(26)30)33(31-25)20-11-5-4-6-12-20/h4-16H,3,17-19H2,1-2H3. The van der Waals surface area contributed by atoms with Gasteiger partial charge in [-0.1, -0.05) is 49.4 Å². The van der Waals surface area contributed by atoms with Crippen molar-refractivity contribution in [3.05, 3.63) is 107 Å². The number of carbonyl (C=O) groups is 1. The number of hydrogen-bond donors (Lipinski definition) is 0. The number of ether oxygens (including phenoxy) is 2. The van der Waals surface area contributed by atoms with Crippen LogP contribution in [-0.2, 0) is 17.7 Å². The van der Waals surface area contributed by atoms with Crippen molar-refractivity contribution < 1.29 is 23.0 Å². The van der Waals surface area contributed by atoms with Crippen LogP contribution >= 0.6 is 0 Å². The molecular formula is C28H27F2N3O3. The number of nitrogens with zero attached hydrogens (tertiary/aromatic N) is 3. The van der Waals surface area contributed by atoms with E-state index in [2.05, 4.69) is 0 Å². The number of amides is 1. The van der Waals surface area contributed by atoms with E-state index in [4.69, 9.17) is 14.6 Å². The molecule has 0 unspecified atom stereocenters. The minimum absolute atomic E-state index is 0.0300. The molecular weight excluding hydrogens is 464 g/mol. The summed E-state index contributed by atoms with van der Waals surface area (Å²) in [7, 11) is 1.53. The third kappa shape index (κ3) is 5.44. The van der Waals surface area contributed by atoms with Crippen LogP contribution in [0.3, 0.4) is 0 Å². The fourth-order valence-electron chi connectivity index (χ4n) is 3.85. The van der Waals surface area contributed by atoms with Gasteiger partial charge in [-0.2, -0.15) is 5.10 Å². The number of carbonyl (C=O) groups excluding carboxylic acids is 1. The number of aromatic nitrogens is 2. The van der Waals surface area contributed by atoms with Gasteiger partial charge in [0.15, 0.2) is 11.6 Å². The average Bonchev–Trinajstić information content (AvgIpc) is 3.25. The number of hydrogen-bond acceptors (Lipinski definition) is 4. The first kappa shape index (κ1) is 25.1. The Morgan fingerprint density at radius 2 is 1.61 bits per heavy atom. The molecule has 1 aromatic heterocycles. The van der Waals surface area contributed by atoms with Gasteiger partial charge in [-0.05, 0) is 42.8 Å². The Kier molecular flexibility index (Phi) is 8.07. The predicted octanol–water partition coefficient (Wildman–Crippen LogP) is 5.79. The molecule has 1 amide bonds. The lowest BCUT2D eigenvalue weighted by Crippen LogP contribution is -2.34. The Labute approximate surface area is 208 Å². The highest BCUT2D eigenvalue weighted by Crippen LogP contribution is 2.33. The van der Waals surface area contributed by atoms with E-state index in [1.54, 1.807) is 22.9 Å². The molecule has 4 rings (SSSR count). The maximum Gasteiger partial charge on any atom is 0.257 e. The summed E-state index contributed by atoms with van der Waals surface area (Å²) in [5.74, 6) is -1.31. The molecule has 3 aromatic carbocycles. The summed E-state index contributed by atoms with van der Waals surface area (Å²) >= 11 is 0. The van der Waals surface area contributed by atoms with Gasteiger partial charge < -0.3 is 14.4 Å². The molecule has 1 heterocycles. The molecule has 36 heavy (non-hydrogen) atoms. The zero-order valence-electron chi connectivity index (χ0n) is 20.2. The highest BCUT2D eigenvalue weighted by molar-refractivity contribution is 5.94. The normalized spacial score (nSPS) is 10.9. The van der Waals surface area contributed by atoms with Gasteiger partial charge in [0.1, 0.15) is 5.82 Å². The lowest BCUT2D eigenvalue weighted by atomic mass is 10.1. The van der Waals surface area contributed by atoms with Crippen LogP contribution in [-0.4, -0.2) is 40.8 Å². The number of rotatable bonds is 10. The topological polar surface area (TPSA) is 56.6 Å². The maximum atomic E-state index is 14.6. The summed E-state index contributed by atoms with van der Waals surface area (Å²) < 4.78 is 42.0. The molecule has 0 saturated carbocycles. The van der Waals surface area contributed by atoms with Crippen molar-refractivity contribution in [2.24, 2.45) is 0 Å². The lowest BCUT2D eigenvalue weighted by molar-refractivity contribution is 0.0674. The predicted molar refractivity (Wildman–Crippen MR) is 132 cm³/mol. The van der Waals surface area contributed by atoms with Crippen molar-refractivity contribution in [2.75, 3.05) is 20.3 Å². The fraction of sp³-hybridized carbons (Fsp3) is 0.214. The zero-order valence-corrected chi connectivity index (χ0v) is 20.2. The van der Waals surface area contributed by atoms with Crippen LogP contribution in [0.1, 0.15) is 28.5 Å². The van der Waals surface area contributed by atoms with Crippen molar-refractivity contribution in [3.63, 3.8) is 0 Å². The Morgan fingerprint density at radius 1 is 0.944 bits per heavy atom. The molecule has 0 aliphatic carbocycles. The first-order valence-electron chi connectivity index (χ1n) is 11.6. The molecule has 0 radical (unpaired) electrons. The summed E-state index contributed by atoms with van der Waals surface area (Å²) in [4.78, 5) is 14.9. The molecule has 0 spiro atoms. The Hall–Kier alpha value is -4.04. The Morgan fingerprint density at radius 3 is 2.28 bits per heavy atom. The summed E-state index contributed by atoms with van der Waals surface area (Å²) in [6.45, 7) is 2.46. The smallest absolute Gasteiger partial charge is 0.257 e. The number of methoxy groups -OCH3 is 1. The van der Waals surface area contributed by atoms with E-state index in [1.807, 2.05) is 37.3 Å². The molecule has 186 valence electrons. The van der Waals surface area contributed by atoms with E-state index in [9.17, 15) is 13.6 Å². The molecule has 0 N–H and O–H groups in total. The second-order valence-corrected chi connectivity index (χ2v) is 8.06. The van der Waals surface area contributed by atoms with Crippen LogP contribution in [0.5, 0.6) is 11.6 Å². The molecule has 0 bridgehead atoms. The second kappa shape index (κ2) is 11.6. The summed E-state index contributed by atoms with van der Waals surface area (Å²) in [5, 5.41) is 4.73. The van der Waals surface area contributed by atoms with Crippen LogP contribution in [0.15, 0.2) is 78.9 Å². The van der Waals surface area contributed by atoms with Gasteiger partial charge in [0.05, 0.1) is 35.7 Å². The van der Waals surface area contributed by atoms with E-state index >= 15 is 0 Å². The minimum atomic E-state index is -0.608. The van der Waals surface area contributed by atoms with E-state index < -0.39 is 17.5 Å².